The molecule has 0 spiro atoms. The van der Waals surface area contributed by atoms with Crippen LogP contribution in [0.2, 0.25) is 0 Å². The topological polar surface area (TPSA) is 80.9 Å². The molecule has 7 heteroatoms. The van der Waals surface area contributed by atoms with Crippen molar-refractivity contribution in [1.82, 2.24) is 15.1 Å². The molecule has 2 aromatic heterocycles. The van der Waals surface area contributed by atoms with Crippen LogP contribution in [0.1, 0.15) is 5.56 Å². The molecule has 1 amide bonds. The zero-order valence-corrected chi connectivity index (χ0v) is 18.0. The van der Waals surface area contributed by atoms with Gasteiger partial charge in [-0.15, -0.1) is 0 Å². The van der Waals surface area contributed by atoms with Gasteiger partial charge < -0.3 is 4.52 Å². The SMILES string of the molecule is O=C(Cc1ccccc1F)Nc1onc(-c2ccc(-c3ccccc3)cc2)c1-c1ccncn1. The summed E-state index contributed by atoms with van der Waals surface area (Å²) in [4.78, 5) is 21.0. The first-order valence-electron chi connectivity index (χ1n) is 10.6. The largest absolute Gasteiger partial charge is 0.337 e. The molecule has 1 N–H and O–H groups in total. The molecule has 166 valence electrons. The van der Waals surface area contributed by atoms with E-state index in [0.717, 1.165) is 16.7 Å². The summed E-state index contributed by atoms with van der Waals surface area (Å²) in [5, 5.41) is 6.94. The first kappa shape index (κ1) is 21.2. The molecule has 0 saturated heterocycles. The predicted molar refractivity (Wildman–Crippen MR) is 127 cm³/mol. The van der Waals surface area contributed by atoms with Crippen molar-refractivity contribution in [3.05, 3.63) is 109 Å². The third-order valence-corrected chi connectivity index (χ3v) is 5.36. The Morgan fingerprint density at radius 1 is 0.853 bits per heavy atom. The van der Waals surface area contributed by atoms with E-state index in [1.807, 2.05) is 54.6 Å². The Balaban J connectivity index is 1.48. The van der Waals surface area contributed by atoms with Crippen LogP contribution in [0.4, 0.5) is 10.3 Å². The summed E-state index contributed by atoms with van der Waals surface area (Å²) in [6.45, 7) is 0. The first-order valence-corrected chi connectivity index (χ1v) is 10.6. The molecule has 6 nitrogen and oxygen atoms in total. The highest BCUT2D eigenvalue weighted by molar-refractivity contribution is 5.97. The number of carbonyl (C=O) groups is 1. The van der Waals surface area contributed by atoms with Crippen LogP contribution >= 0.6 is 0 Å². The van der Waals surface area contributed by atoms with E-state index < -0.39 is 11.7 Å². The van der Waals surface area contributed by atoms with E-state index in [0.29, 0.717) is 22.5 Å². The average molecular weight is 450 g/mol. The van der Waals surface area contributed by atoms with Gasteiger partial charge in [0.15, 0.2) is 0 Å². The molecule has 0 atom stereocenters. The highest BCUT2D eigenvalue weighted by Crippen LogP contribution is 2.37. The van der Waals surface area contributed by atoms with Crippen LogP contribution in [0.5, 0.6) is 0 Å². The number of amides is 1. The number of anilines is 1. The summed E-state index contributed by atoms with van der Waals surface area (Å²) in [5.41, 5.74) is 4.85. The number of carbonyl (C=O) groups excluding carboxylic acids is 1. The zero-order valence-electron chi connectivity index (χ0n) is 18.0. The molecule has 0 bridgehead atoms. The van der Waals surface area contributed by atoms with Gasteiger partial charge in [-0.25, -0.2) is 14.4 Å². The standard InChI is InChI=1S/C27H19FN4O2/c28-22-9-5-4-8-21(22)16-24(33)31-27-25(23-14-15-29-17-30-23)26(32-34-27)20-12-10-19(11-13-20)18-6-2-1-3-7-18/h1-15,17H,16H2,(H,31,33). The maximum Gasteiger partial charge on any atom is 0.241 e. The second kappa shape index (κ2) is 9.46. The summed E-state index contributed by atoms with van der Waals surface area (Å²) in [6.07, 6.45) is 2.87. The molecule has 0 aliphatic carbocycles. The fourth-order valence-corrected chi connectivity index (χ4v) is 3.69. The highest BCUT2D eigenvalue weighted by Gasteiger charge is 2.22. The van der Waals surface area contributed by atoms with Crippen LogP contribution in [-0.2, 0) is 11.2 Å². The van der Waals surface area contributed by atoms with Crippen LogP contribution in [-0.4, -0.2) is 21.0 Å². The monoisotopic (exact) mass is 450 g/mol. The van der Waals surface area contributed by atoms with E-state index in [2.05, 4.69) is 20.4 Å². The quantitative estimate of drug-likeness (QED) is 0.354. The minimum Gasteiger partial charge on any atom is -0.337 e. The zero-order chi connectivity index (χ0) is 23.3. The molecular weight excluding hydrogens is 431 g/mol. The third kappa shape index (κ3) is 4.45. The number of nitrogens with zero attached hydrogens (tertiary/aromatic N) is 3. The molecule has 2 heterocycles. The molecule has 5 aromatic rings. The van der Waals surface area contributed by atoms with Crippen molar-refractivity contribution >= 4 is 11.8 Å². The maximum absolute atomic E-state index is 14.0. The van der Waals surface area contributed by atoms with E-state index in [9.17, 15) is 9.18 Å². The lowest BCUT2D eigenvalue weighted by molar-refractivity contribution is -0.115. The lowest BCUT2D eigenvalue weighted by Gasteiger charge is -2.07. The molecule has 0 fully saturated rings. The van der Waals surface area contributed by atoms with Gasteiger partial charge in [0, 0.05) is 11.8 Å². The number of aromatic nitrogens is 3. The Morgan fingerprint density at radius 3 is 2.29 bits per heavy atom. The number of nitrogens with one attached hydrogen (secondary N) is 1. The Bertz CT molecular complexity index is 1420. The molecule has 0 aliphatic rings. The van der Waals surface area contributed by atoms with Crippen molar-refractivity contribution in [2.24, 2.45) is 0 Å². The summed E-state index contributed by atoms with van der Waals surface area (Å²) < 4.78 is 19.5. The van der Waals surface area contributed by atoms with E-state index in [1.54, 1.807) is 30.5 Å². The van der Waals surface area contributed by atoms with Gasteiger partial charge in [-0.1, -0.05) is 78.0 Å². The predicted octanol–water partition coefficient (Wildman–Crippen LogP) is 5.79. The molecule has 0 aliphatic heterocycles. The van der Waals surface area contributed by atoms with Gasteiger partial charge in [0.2, 0.25) is 11.8 Å². The minimum absolute atomic E-state index is 0.141. The van der Waals surface area contributed by atoms with Gasteiger partial charge >= 0.3 is 0 Å². The van der Waals surface area contributed by atoms with Crippen LogP contribution < -0.4 is 5.32 Å². The van der Waals surface area contributed by atoms with Crippen molar-refractivity contribution in [3.8, 4) is 33.6 Å². The molecule has 0 saturated carbocycles. The lowest BCUT2D eigenvalue weighted by atomic mass is 10.0. The van der Waals surface area contributed by atoms with Gasteiger partial charge in [0.1, 0.15) is 17.8 Å². The third-order valence-electron chi connectivity index (χ3n) is 5.36. The molecule has 5 rings (SSSR count). The van der Waals surface area contributed by atoms with Crippen molar-refractivity contribution in [1.29, 1.82) is 0 Å². The molecule has 3 aromatic carbocycles. The Hall–Kier alpha value is -4.65. The minimum atomic E-state index is -0.439. The number of hydrogen-bond acceptors (Lipinski definition) is 5. The Labute approximate surface area is 195 Å². The lowest BCUT2D eigenvalue weighted by Crippen LogP contribution is -2.15. The van der Waals surface area contributed by atoms with Crippen LogP contribution in [0.15, 0.2) is 102 Å². The number of rotatable bonds is 6. The summed E-state index contributed by atoms with van der Waals surface area (Å²) in [6, 6.07) is 25.8. The molecule has 34 heavy (non-hydrogen) atoms. The molecular formula is C27H19FN4O2. The smallest absolute Gasteiger partial charge is 0.241 e. The van der Waals surface area contributed by atoms with E-state index in [4.69, 9.17) is 4.52 Å². The first-order chi connectivity index (χ1) is 16.7. The van der Waals surface area contributed by atoms with Gasteiger partial charge in [-0.3, -0.25) is 10.1 Å². The normalized spacial score (nSPS) is 10.7. The van der Waals surface area contributed by atoms with Crippen LogP contribution in [0, 0.1) is 5.82 Å². The number of benzene rings is 3. The van der Waals surface area contributed by atoms with Crippen molar-refractivity contribution in [2.45, 2.75) is 6.42 Å². The van der Waals surface area contributed by atoms with Crippen LogP contribution in [0.3, 0.4) is 0 Å². The second-order valence-corrected chi connectivity index (χ2v) is 7.59. The Morgan fingerprint density at radius 2 is 1.56 bits per heavy atom. The summed E-state index contributed by atoms with van der Waals surface area (Å²) in [5.74, 6) is -0.727. The number of hydrogen-bond donors (Lipinski definition) is 1. The fraction of sp³-hybridized carbons (Fsp3) is 0.0370. The molecule has 0 radical (unpaired) electrons. The summed E-state index contributed by atoms with van der Waals surface area (Å²) >= 11 is 0. The average Bonchev–Trinajstić information content (AvgIpc) is 3.30. The Kier molecular flexibility index (Phi) is 5.90. The van der Waals surface area contributed by atoms with E-state index in [-0.39, 0.29) is 12.3 Å². The van der Waals surface area contributed by atoms with Crippen molar-refractivity contribution in [2.75, 3.05) is 5.32 Å². The highest BCUT2D eigenvalue weighted by atomic mass is 19.1. The van der Waals surface area contributed by atoms with Crippen molar-refractivity contribution < 1.29 is 13.7 Å². The van der Waals surface area contributed by atoms with E-state index >= 15 is 0 Å². The maximum atomic E-state index is 14.0. The van der Waals surface area contributed by atoms with Gasteiger partial charge in [-0.2, -0.15) is 0 Å². The van der Waals surface area contributed by atoms with Gasteiger partial charge in [0.25, 0.3) is 0 Å². The van der Waals surface area contributed by atoms with Crippen molar-refractivity contribution in [3.63, 3.8) is 0 Å². The van der Waals surface area contributed by atoms with E-state index in [1.165, 1.54) is 12.4 Å². The number of halogens is 1. The summed E-state index contributed by atoms with van der Waals surface area (Å²) in [7, 11) is 0. The van der Waals surface area contributed by atoms with Crippen LogP contribution in [0.25, 0.3) is 33.6 Å². The van der Waals surface area contributed by atoms with Gasteiger partial charge in [0.05, 0.1) is 17.7 Å². The van der Waals surface area contributed by atoms with Gasteiger partial charge in [-0.05, 0) is 28.8 Å². The second-order valence-electron chi connectivity index (χ2n) is 7.59. The fourth-order valence-electron chi connectivity index (χ4n) is 3.69. The molecule has 0 unspecified atom stereocenters.